The van der Waals surface area contributed by atoms with E-state index in [4.69, 9.17) is 5.73 Å². The number of nitrogens with one attached hydrogen (secondary N) is 1. The fourth-order valence-electron chi connectivity index (χ4n) is 1.97. The zero-order chi connectivity index (χ0) is 12.8. The molecule has 0 aromatic carbocycles. The minimum atomic E-state index is -0.519. The fourth-order valence-corrected chi connectivity index (χ4v) is 1.97. The van der Waals surface area contributed by atoms with Crippen molar-refractivity contribution in [3.05, 3.63) is 0 Å². The lowest BCUT2D eigenvalue weighted by Gasteiger charge is -2.33. The third kappa shape index (κ3) is 4.60. The Bertz CT molecular complexity index is 283. The molecule has 0 aromatic rings. The van der Waals surface area contributed by atoms with Crippen LogP contribution in [0.15, 0.2) is 0 Å². The summed E-state index contributed by atoms with van der Waals surface area (Å²) in [6, 6.07) is -0.521. The molecule has 0 aromatic heterocycles. The summed E-state index contributed by atoms with van der Waals surface area (Å²) < 4.78 is 0. The van der Waals surface area contributed by atoms with Crippen LogP contribution in [0, 0.1) is 0 Å². The van der Waals surface area contributed by atoms with Crippen LogP contribution in [0.5, 0.6) is 0 Å². The minimum absolute atomic E-state index is 0.00265. The maximum absolute atomic E-state index is 11.9. The number of piperidine rings is 1. The van der Waals surface area contributed by atoms with E-state index < -0.39 is 6.03 Å². The lowest BCUT2D eigenvalue weighted by atomic mass is 10.1. The largest absolute Gasteiger partial charge is 0.352 e. The van der Waals surface area contributed by atoms with E-state index in [0.717, 1.165) is 25.9 Å². The van der Waals surface area contributed by atoms with Crippen molar-refractivity contribution >= 4 is 11.9 Å². The van der Waals surface area contributed by atoms with Crippen LogP contribution in [-0.4, -0.2) is 61.0 Å². The quantitative estimate of drug-likeness (QED) is 0.704. The van der Waals surface area contributed by atoms with Crippen LogP contribution in [-0.2, 0) is 4.79 Å². The van der Waals surface area contributed by atoms with E-state index in [-0.39, 0.29) is 11.9 Å². The summed E-state index contributed by atoms with van der Waals surface area (Å²) in [6.45, 7) is 4.63. The highest BCUT2D eigenvalue weighted by Crippen LogP contribution is 2.10. The van der Waals surface area contributed by atoms with Crippen LogP contribution in [0.4, 0.5) is 4.79 Å². The van der Waals surface area contributed by atoms with Gasteiger partial charge in [-0.3, -0.25) is 9.69 Å². The van der Waals surface area contributed by atoms with Gasteiger partial charge in [0, 0.05) is 19.1 Å². The molecule has 0 bridgehead atoms. The molecule has 1 saturated heterocycles. The summed E-state index contributed by atoms with van der Waals surface area (Å²) in [5.74, 6) is 0.116. The summed E-state index contributed by atoms with van der Waals surface area (Å²) in [5, 5.41) is 2.67. The Morgan fingerprint density at radius 2 is 2.24 bits per heavy atom. The smallest absolute Gasteiger partial charge is 0.312 e. The Labute approximate surface area is 102 Å². The molecule has 17 heavy (non-hydrogen) atoms. The van der Waals surface area contributed by atoms with Gasteiger partial charge in [0.05, 0.1) is 6.54 Å². The molecule has 1 atom stereocenters. The molecule has 1 rings (SSSR count). The van der Waals surface area contributed by atoms with E-state index in [2.05, 4.69) is 5.32 Å². The third-order valence-corrected chi connectivity index (χ3v) is 3.07. The van der Waals surface area contributed by atoms with Gasteiger partial charge in [-0.05, 0) is 26.4 Å². The molecule has 3 N–H and O–H groups in total. The van der Waals surface area contributed by atoms with Crippen LogP contribution in [0.2, 0.25) is 0 Å². The summed E-state index contributed by atoms with van der Waals surface area (Å²) >= 11 is 0. The normalized spacial score (nSPS) is 20.4. The fraction of sp³-hybridized carbons (Fsp3) is 0.818. The van der Waals surface area contributed by atoms with Crippen molar-refractivity contribution in [1.29, 1.82) is 0 Å². The lowest BCUT2D eigenvalue weighted by Crippen LogP contribution is -2.52. The molecule has 0 radical (unpaired) electrons. The van der Waals surface area contributed by atoms with E-state index in [1.807, 2.05) is 18.9 Å². The highest BCUT2D eigenvalue weighted by atomic mass is 16.2. The number of likely N-dealkylation sites (tertiary alicyclic amines) is 1. The van der Waals surface area contributed by atoms with Crippen LogP contribution in [0.25, 0.3) is 0 Å². The third-order valence-electron chi connectivity index (χ3n) is 3.07. The van der Waals surface area contributed by atoms with E-state index in [0.29, 0.717) is 13.1 Å². The first kappa shape index (κ1) is 13.8. The molecule has 6 nitrogen and oxygen atoms in total. The maximum atomic E-state index is 11.9. The molecule has 1 heterocycles. The van der Waals surface area contributed by atoms with Crippen molar-refractivity contribution in [3.8, 4) is 0 Å². The van der Waals surface area contributed by atoms with Gasteiger partial charge in [-0.2, -0.15) is 0 Å². The maximum Gasteiger partial charge on any atom is 0.312 e. The van der Waals surface area contributed by atoms with Gasteiger partial charge < -0.3 is 16.0 Å². The number of likely N-dealkylation sites (N-methyl/N-ethyl adjacent to an activating group) is 1. The first-order chi connectivity index (χ1) is 8.02. The molecule has 1 aliphatic heterocycles. The summed E-state index contributed by atoms with van der Waals surface area (Å²) in [5.41, 5.74) is 5.09. The van der Waals surface area contributed by atoms with E-state index in [9.17, 15) is 9.59 Å². The Hall–Kier alpha value is -1.30. The number of rotatable bonds is 4. The average molecular weight is 242 g/mol. The van der Waals surface area contributed by atoms with Gasteiger partial charge in [0.25, 0.3) is 0 Å². The number of hydrogen-bond acceptors (Lipinski definition) is 3. The van der Waals surface area contributed by atoms with E-state index >= 15 is 0 Å². The zero-order valence-corrected chi connectivity index (χ0v) is 10.6. The second kappa shape index (κ2) is 6.44. The molecular formula is C11H22N4O2. The van der Waals surface area contributed by atoms with Gasteiger partial charge in [0.15, 0.2) is 0 Å². The molecular weight excluding hydrogens is 220 g/mol. The molecule has 3 amide bonds. The monoisotopic (exact) mass is 242 g/mol. The van der Waals surface area contributed by atoms with Crippen LogP contribution in [0.3, 0.4) is 0 Å². The standard InChI is InChI=1S/C11H22N4O2/c1-3-14(2)8-10(16)15-6-4-5-9(7-15)13-11(12)17/h9H,3-8H2,1-2H3,(H3,12,13,17). The van der Waals surface area contributed by atoms with Crippen LogP contribution >= 0.6 is 0 Å². The second-order valence-electron chi connectivity index (χ2n) is 4.52. The van der Waals surface area contributed by atoms with Crippen molar-refractivity contribution in [2.45, 2.75) is 25.8 Å². The molecule has 1 unspecified atom stereocenters. The van der Waals surface area contributed by atoms with Crippen molar-refractivity contribution in [2.75, 3.05) is 33.2 Å². The highest BCUT2D eigenvalue weighted by Gasteiger charge is 2.24. The number of carbonyl (C=O) groups is 2. The number of hydrogen-bond donors (Lipinski definition) is 2. The molecule has 1 fully saturated rings. The van der Waals surface area contributed by atoms with Gasteiger partial charge in [0.1, 0.15) is 0 Å². The molecule has 1 aliphatic rings. The summed E-state index contributed by atoms with van der Waals surface area (Å²) in [6.07, 6.45) is 1.79. The van der Waals surface area contributed by atoms with Gasteiger partial charge in [-0.1, -0.05) is 6.92 Å². The van der Waals surface area contributed by atoms with Crippen molar-refractivity contribution in [1.82, 2.24) is 15.1 Å². The predicted molar refractivity (Wildman–Crippen MR) is 65.5 cm³/mol. The SMILES string of the molecule is CCN(C)CC(=O)N1CCCC(NC(N)=O)C1. The van der Waals surface area contributed by atoms with Crippen molar-refractivity contribution < 1.29 is 9.59 Å². The van der Waals surface area contributed by atoms with Crippen LogP contribution < -0.4 is 11.1 Å². The number of carbonyl (C=O) groups excluding carboxylic acids is 2. The number of nitrogens with two attached hydrogens (primary N) is 1. The molecule has 0 spiro atoms. The Morgan fingerprint density at radius 3 is 2.82 bits per heavy atom. The molecule has 98 valence electrons. The Balaban J connectivity index is 2.43. The first-order valence-corrected chi connectivity index (χ1v) is 6.05. The van der Waals surface area contributed by atoms with E-state index in [1.54, 1.807) is 4.90 Å². The second-order valence-corrected chi connectivity index (χ2v) is 4.52. The van der Waals surface area contributed by atoms with Gasteiger partial charge in [-0.15, -0.1) is 0 Å². The number of amides is 3. The number of urea groups is 1. The van der Waals surface area contributed by atoms with Crippen LogP contribution in [0.1, 0.15) is 19.8 Å². The molecule has 0 saturated carbocycles. The number of primary amides is 1. The Morgan fingerprint density at radius 1 is 1.53 bits per heavy atom. The van der Waals surface area contributed by atoms with E-state index in [1.165, 1.54) is 0 Å². The first-order valence-electron chi connectivity index (χ1n) is 6.05. The zero-order valence-electron chi connectivity index (χ0n) is 10.6. The Kier molecular flexibility index (Phi) is 5.21. The number of nitrogens with zero attached hydrogens (tertiary/aromatic N) is 2. The summed E-state index contributed by atoms with van der Waals surface area (Å²) in [7, 11) is 1.92. The average Bonchev–Trinajstić information content (AvgIpc) is 2.28. The highest BCUT2D eigenvalue weighted by molar-refractivity contribution is 5.78. The topological polar surface area (TPSA) is 78.7 Å². The van der Waals surface area contributed by atoms with Gasteiger partial charge in [-0.25, -0.2) is 4.79 Å². The van der Waals surface area contributed by atoms with Gasteiger partial charge in [0.2, 0.25) is 5.91 Å². The summed E-state index contributed by atoms with van der Waals surface area (Å²) in [4.78, 5) is 26.5. The van der Waals surface area contributed by atoms with Crippen molar-refractivity contribution in [3.63, 3.8) is 0 Å². The predicted octanol–water partition coefficient (Wildman–Crippen LogP) is -0.403. The molecule has 0 aliphatic carbocycles. The molecule has 6 heteroatoms. The lowest BCUT2D eigenvalue weighted by molar-refractivity contribution is -0.133. The van der Waals surface area contributed by atoms with Gasteiger partial charge >= 0.3 is 6.03 Å². The minimum Gasteiger partial charge on any atom is -0.352 e. The van der Waals surface area contributed by atoms with Crippen molar-refractivity contribution in [2.24, 2.45) is 5.73 Å².